The molecule has 1 N–H and O–H groups in total. The molecule has 0 saturated carbocycles. The van der Waals surface area contributed by atoms with E-state index in [0.29, 0.717) is 10.8 Å². The Balaban J connectivity index is 2.15. The lowest BCUT2D eigenvalue weighted by atomic mass is 10.4. The topological polar surface area (TPSA) is 73.6 Å². The van der Waals surface area contributed by atoms with E-state index in [2.05, 4.69) is 4.98 Å². The molecule has 118 valence electrons. The number of hydrogen-bond acceptors (Lipinski definition) is 6. The number of aliphatic hydroxyl groups is 1. The minimum absolute atomic E-state index is 0.0342. The quantitative estimate of drug-likeness (QED) is 0.613. The molecule has 0 spiro atoms. The van der Waals surface area contributed by atoms with Crippen molar-refractivity contribution in [2.45, 2.75) is 17.4 Å². The molecule has 2 heterocycles. The van der Waals surface area contributed by atoms with Gasteiger partial charge in [0.2, 0.25) is 0 Å². The van der Waals surface area contributed by atoms with E-state index in [1.807, 2.05) is 6.07 Å². The predicted octanol–water partition coefficient (Wildman–Crippen LogP) is 2.12. The number of hydrogen-bond donors (Lipinski definition) is 1. The first kappa shape index (κ1) is 16.8. The Morgan fingerprint density at radius 1 is 1.45 bits per heavy atom. The SMILES string of the molecule is COCOc1cc(SCc2ccc(Cl)cn2)cn(CO)c1=O. The largest absolute Gasteiger partial charge is 0.462 e. The number of rotatable bonds is 7. The van der Waals surface area contributed by atoms with E-state index in [4.69, 9.17) is 21.1 Å². The molecule has 0 aliphatic carbocycles. The van der Waals surface area contributed by atoms with Gasteiger partial charge in [0.1, 0.15) is 6.73 Å². The van der Waals surface area contributed by atoms with Crippen LogP contribution in [0.1, 0.15) is 5.69 Å². The lowest BCUT2D eigenvalue weighted by molar-refractivity contribution is 0.0488. The number of pyridine rings is 2. The molecular formula is C14H15ClN2O4S. The van der Waals surface area contributed by atoms with Crippen LogP contribution in [0.2, 0.25) is 5.02 Å². The van der Waals surface area contributed by atoms with Gasteiger partial charge in [-0.15, -0.1) is 11.8 Å². The Bertz CT molecular complexity index is 676. The number of thioether (sulfide) groups is 1. The van der Waals surface area contributed by atoms with E-state index < -0.39 is 12.3 Å². The first-order valence-corrected chi connectivity index (χ1v) is 7.70. The minimum atomic E-state index is -0.421. The van der Waals surface area contributed by atoms with E-state index in [1.54, 1.807) is 24.5 Å². The minimum Gasteiger partial charge on any atom is -0.462 e. The van der Waals surface area contributed by atoms with Crippen molar-refractivity contribution >= 4 is 23.4 Å². The summed E-state index contributed by atoms with van der Waals surface area (Å²) in [4.78, 5) is 16.9. The zero-order valence-corrected chi connectivity index (χ0v) is 13.4. The standard InChI is InChI=1S/C14H15ClN2O4S/c1-20-9-21-13-4-12(6-17(8-18)14(13)19)22-7-11-3-2-10(15)5-16-11/h2-6,18H,7-9H2,1H3. The average Bonchev–Trinajstić information content (AvgIpc) is 2.54. The highest BCUT2D eigenvalue weighted by molar-refractivity contribution is 7.98. The van der Waals surface area contributed by atoms with Crippen LogP contribution < -0.4 is 10.3 Å². The molecule has 0 fully saturated rings. The lowest BCUT2D eigenvalue weighted by Crippen LogP contribution is -2.22. The number of ether oxygens (including phenoxy) is 2. The highest BCUT2D eigenvalue weighted by atomic mass is 35.5. The monoisotopic (exact) mass is 342 g/mol. The summed E-state index contributed by atoms with van der Waals surface area (Å²) in [6.45, 7) is -0.455. The number of methoxy groups -OCH3 is 1. The normalized spacial score (nSPS) is 10.7. The lowest BCUT2D eigenvalue weighted by Gasteiger charge is -2.10. The molecule has 6 nitrogen and oxygen atoms in total. The molecule has 0 radical (unpaired) electrons. The van der Waals surface area contributed by atoms with Crippen molar-refractivity contribution in [3.05, 3.63) is 51.7 Å². The Morgan fingerprint density at radius 3 is 2.91 bits per heavy atom. The van der Waals surface area contributed by atoms with Gasteiger partial charge in [0.25, 0.3) is 5.56 Å². The third-order valence-electron chi connectivity index (χ3n) is 2.69. The molecule has 2 aromatic heterocycles. The number of aliphatic hydroxyl groups excluding tert-OH is 1. The van der Waals surface area contributed by atoms with Crippen molar-refractivity contribution in [3.63, 3.8) is 0 Å². The second-order valence-electron chi connectivity index (χ2n) is 4.26. The van der Waals surface area contributed by atoms with Gasteiger partial charge < -0.3 is 14.6 Å². The van der Waals surface area contributed by atoms with Crippen LogP contribution in [0.15, 0.2) is 40.3 Å². The number of halogens is 1. The van der Waals surface area contributed by atoms with Gasteiger partial charge in [-0.2, -0.15) is 0 Å². The Kier molecular flexibility index (Phi) is 6.26. The third kappa shape index (κ3) is 4.48. The highest BCUT2D eigenvalue weighted by Crippen LogP contribution is 2.24. The molecule has 2 aromatic rings. The molecule has 0 aliphatic rings. The van der Waals surface area contributed by atoms with Crippen LogP contribution in [0, 0.1) is 0 Å². The number of aromatic nitrogens is 2. The smallest absolute Gasteiger partial charge is 0.294 e. The molecule has 2 rings (SSSR count). The van der Waals surface area contributed by atoms with E-state index >= 15 is 0 Å². The van der Waals surface area contributed by atoms with Crippen molar-refractivity contribution in [2.24, 2.45) is 0 Å². The van der Waals surface area contributed by atoms with Gasteiger partial charge in [0.15, 0.2) is 12.5 Å². The first-order chi connectivity index (χ1) is 10.6. The van der Waals surface area contributed by atoms with Crippen molar-refractivity contribution in [3.8, 4) is 5.75 Å². The van der Waals surface area contributed by atoms with Crippen molar-refractivity contribution < 1.29 is 14.6 Å². The van der Waals surface area contributed by atoms with E-state index in [0.717, 1.165) is 10.6 Å². The van der Waals surface area contributed by atoms with Crippen LogP contribution in [0.25, 0.3) is 0 Å². The molecule has 0 unspecified atom stereocenters. The van der Waals surface area contributed by atoms with Gasteiger partial charge in [-0.1, -0.05) is 11.6 Å². The highest BCUT2D eigenvalue weighted by Gasteiger charge is 2.08. The zero-order chi connectivity index (χ0) is 15.9. The zero-order valence-electron chi connectivity index (χ0n) is 11.9. The van der Waals surface area contributed by atoms with Gasteiger partial charge in [-0.05, 0) is 12.1 Å². The number of nitrogens with zero attached hydrogens (tertiary/aromatic N) is 2. The first-order valence-electron chi connectivity index (χ1n) is 6.34. The molecule has 8 heteroatoms. The predicted molar refractivity (Wildman–Crippen MR) is 84.2 cm³/mol. The van der Waals surface area contributed by atoms with Gasteiger partial charge >= 0.3 is 0 Å². The van der Waals surface area contributed by atoms with Crippen molar-refractivity contribution in [2.75, 3.05) is 13.9 Å². The summed E-state index contributed by atoms with van der Waals surface area (Å²) in [5.41, 5.74) is 0.448. The Hall–Kier alpha value is -1.54. The third-order valence-corrected chi connectivity index (χ3v) is 3.91. The van der Waals surface area contributed by atoms with Gasteiger partial charge in [-0.25, -0.2) is 0 Å². The van der Waals surface area contributed by atoms with Crippen LogP contribution in [-0.4, -0.2) is 28.6 Å². The summed E-state index contributed by atoms with van der Waals surface area (Å²) in [5, 5.41) is 9.83. The van der Waals surface area contributed by atoms with Crippen LogP contribution >= 0.6 is 23.4 Å². The van der Waals surface area contributed by atoms with Crippen LogP contribution in [0.5, 0.6) is 5.75 Å². The maximum Gasteiger partial charge on any atom is 0.294 e. The molecule has 0 bridgehead atoms. The summed E-state index contributed by atoms with van der Waals surface area (Å²) < 4.78 is 11.2. The maximum atomic E-state index is 12.0. The summed E-state index contributed by atoms with van der Waals surface area (Å²) in [5.74, 6) is 0.731. The van der Waals surface area contributed by atoms with E-state index in [9.17, 15) is 9.90 Å². The van der Waals surface area contributed by atoms with Crippen LogP contribution in [0.3, 0.4) is 0 Å². The fourth-order valence-electron chi connectivity index (χ4n) is 1.64. The molecule has 0 saturated heterocycles. The van der Waals surface area contributed by atoms with Crippen molar-refractivity contribution in [1.29, 1.82) is 0 Å². The molecule has 22 heavy (non-hydrogen) atoms. The summed E-state index contributed by atoms with van der Waals surface area (Å²) in [6.07, 6.45) is 3.15. The second kappa shape index (κ2) is 8.19. The summed E-state index contributed by atoms with van der Waals surface area (Å²) in [6, 6.07) is 5.22. The van der Waals surface area contributed by atoms with Crippen molar-refractivity contribution in [1.82, 2.24) is 9.55 Å². The Labute approximate surface area is 136 Å². The average molecular weight is 343 g/mol. The van der Waals surface area contributed by atoms with E-state index in [-0.39, 0.29) is 12.5 Å². The van der Waals surface area contributed by atoms with Gasteiger partial charge in [-0.3, -0.25) is 14.3 Å². The summed E-state index contributed by atoms with van der Waals surface area (Å²) in [7, 11) is 1.47. The van der Waals surface area contributed by atoms with Crippen LogP contribution in [-0.2, 0) is 17.2 Å². The second-order valence-corrected chi connectivity index (χ2v) is 5.75. The fourth-order valence-corrected chi connectivity index (χ4v) is 2.63. The summed E-state index contributed by atoms with van der Waals surface area (Å²) >= 11 is 7.26. The molecular weight excluding hydrogens is 328 g/mol. The molecule has 0 atom stereocenters. The van der Waals surface area contributed by atoms with Gasteiger partial charge in [0.05, 0.1) is 10.7 Å². The van der Waals surface area contributed by atoms with Gasteiger partial charge in [0, 0.05) is 36.2 Å². The molecule has 0 amide bonds. The van der Waals surface area contributed by atoms with Crippen LogP contribution in [0.4, 0.5) is 0 Å². The maximum absolute atomic E-state index is 12.0. The Morgan fingerprint density at radius 2 is 2.27 bits per heavy atom. The van der Waals surface area contributed by atoms with E-state index in [1.165, 1.54) is 23.4 Å². The molecule has 0 aromatic carbocycles. The fraction of sp³-hybridized carbons (Fsp3) is 0.286. The molecule has 0 aliphatic heterocycles.